The molecule has 2 aromatic carbocycles. The number of amides is 2. The number of halogens is 7. The van der Waals surface area contributed by atoms with Crippen molar-refractivity contribution in [3.05, 3.63) is 70.0 Å². The summed E-state index contributed by atoms with van der Waals surface area (Å²) in [6.07, 6.45) is -8.68. The Morgan fingerprint density at radius 2 is 1.68 bits per heavy atom. The molecule has 3 N–H and O–H groups in total. The molecule has 1 heterocycles. The number of benzene rings is 2. The van der Waals surface area contributed by atoms with Crippen molar-refractivity contribution in [3.63, 3.8) is 0 Å². The SMILES string of the molecule is COc1cc(OC(F)(F)F)ccc1Oc1cc(C(F)(F)F)cc(Br)c1C(=O)Nc1ccnc(C(N)=O)c1. The molecular formula is C22H14BrF6N3O5. The van der Waals surface area contributed by atoms with Gasteiger partial charge in [0.2, 0.25) is 0 Å². The summed E-state index contributed by atoms with van der Waals surface area (Å²) in [5.74, 6) is -3.80. The monoisotopic (exact) mass is 593 g/mol. The molecule has 0 aliphatic rings. The van der Waals surface area contributed by atoms with Crippen LogP contribution < -0.4 is 25.3 Å². The summed E-state index contributed by atoms with van der Waals surface area (Å²) in [5, 5.41) is 2.39. The van der Waals surface area contributed by atoms with Crippen LogP contribution in [0.4, 0.5) is 32.0 Å². The second-order valence-corrected chi connectivity index (χ2v) is 7.89. The lowest BCUT2D eigenvalue weighted by atomic mass is 10.1. The largest absolute Gasteiger partial charge is 0.573 e. The molecule has 0 fully saturated rings. The van der Waals surface area contributed by atoms with Crippen LogP contribution in [-0.2, 0) is 6.18 Å². The number of alkyl halides is 6. The Hall–Kier alpha value is -4.01. The van der Waals surface area contributed by atoms with Crippen molar-refractivity contribution >= 4 is 33.4 Å². The van der Waals surface area contributed by atoms with E-state index in [1.165, 1.54) is 12.3 Å². The highest BCUT2D eigenvalue weighted by atomic mass is 79.9. The number of ether oxygens (including phenoxy) is 3. The lowest BCUT2D eigenvalue weighted by Crippen LogP contribution is -2.17. The Morgan fingerprint density at radius 3 is 2.27 bits per heavy atom. The second-order valence-electron chi connectivity index (χ2n) is 7.04. The number of rotatable bonds is 7. The first-order valence-corrected chi connectivity index (χ1v) is 10.6. The first-order chi connectivity index (χ1) is 17.2. The molecule has 0 saturated carbocycles. The molecule has 0 bridgehead atoms. The molecule has 3 rings (SSSR count). The highest BCUT2D eigenvalue weighted by Crippen LogP contribution is 2.42. The Labute approximate surface area is 212 Å². The van der Waals surface area contributed by atoms with Crippen LogP contribution in [0.1, 0.15) is 26.4 Å². The second kappa shape index (κ2) is 10.5. The summed E-state index contributed by atoms with van der Waals surface area (Å²) in [7, 11) is 1.08. The van der Waals surface area contributed by atoms with Gasteiger partial charge >= 0.3 is 12.5 Å². The number of carbonyl (C=O) groups is 2. The fraction of sp³-hybridized carbons (Fsp3) is 0.136. The molecule has 1 aromatic heterocycles. The molecule has 0 aliphatic heterocycles. The third-order valence-electron chi connectivity index (χ3n) is 4.47. The van der Waals surface area contributed by atoms with Gasteiger partial charge in [0.1, 0.15) is 17.2 Å². The fourth-order valence-corrected chi connectivity index (χ4v) is 3.55. The first kappa shape index (κ1) is 27.6. The van der Waals surface area contributed by atoms with Crippen molar-refractivity contribution in [1.29, 1.82) is 0 Å². The molecule has 0 radical (unpaired) electrons. The minimum atomic E-state index is -5.01. The number of carbonyl (C=O) groups excluding carboxylic acids is 2. The fourth-order valence-electron chi connectivity index (χ4n) is 2.93. The molecule has 0 aliphatic carbocycles. The molecule has 0 saturated heterocycles. The molecule has 37 heavy (non-hydrogen) atoms. The molecule has 15 heteroatoms. The quantitative estimate of drug-likeness (QED) is 0.329. The molecule has 3 aromatic rings. The zero-order valence-corrected chi connectivity index (χ0v) is 19.9. The number of primary amides is 1. The average molecular weight is 594 g/mol. The third-order valence-corrected chi connectivity index (χ3v) is 5.09. The van der Waals surface area contributed by atoms with E-state index in [0.29, 0.717) is 12.1 Å². The number of hydrogen-bond acceptors (Lipinski definition) is 6. The zero-order valence-electron chi connectivity index (χ0n) is 18.3. The predicted octanol–water partition coefficient (Wildman–Crippen LogP) is 5.91. The molecule has 0 unspecified atom stereocenters. The Kier molecular flexibility index (Phi) is 7.86. The van der Waals surface area contributed by atoms with Gasteiger partial charge in [-0.2, -0.15) is 13.2 Å². The minimum Gasteiger partial charge on any atom is -0.493 e. The highest BCUT2D eigenvalue weighted by Gasteiger charge is 2.34. The summed E-state index contributed by atoms with van der Waals surface area (Å²) in [5.41, 5.74) is 3.40. The Morgan fingerprint density at radius 1 is 0.973 bits per heavy atom. The van der Waals surface area contributed by atoms with Crippen LogP contribution in [0.3, 0.4) is 0 Å². The maximum Gasteiger partial charge on any atom is 0.573 e. The Bertz CT molecular complexity index is 1350. The van der Waals surface area contributed by atoms with Gasteiger partial charge in [0.05, 0.1) is 18.2 Å². The summed E-state index contributed by atoms with van der Waals surface area (Å²) < 4.78 is 92.0. The maximum atomic E-state index is 13.5. The van der Waals surface area contributed by atoms with E-state index in [1.54, 1.807) is 0 Å². The summed E-state index contributed by atoms with van der Waals surface area (Å²) in [6, 6.07) is 6.20. The van der Waals surface area contributed by atoms with Crippen LogP contribution in [0.25, 0.3) is 0 Å². The van der Waals surface area contributed by atoms with E-state index < -0.39 is 47.0 Å². The van der Waals surface area contributed by atoms with Crippen LogP contribution in [0.5, 0.6) is 23.0 Å². The smallest absolute Gasteiger partial charge is 0.493 e. The normalized spacial score (nSPS) is 11.6. The zero-order chi connectivity index (χ0) is 27.5. The van der Waals surface area contributed by atoms with Gasteiger partial charge in [-0.1, -0.05) is 0 Å². The number of pyridine rings is 1. The summed E-state index contributed by atoms with van der Waals surface area (Å²) >= 11 is 2.93. The number of hydrogen-bond donors (Lipinski definition) is 2. The molecule has 0 spiro atoms. The third kappa shape index (κ3) is 7.03. The van der Waals surface area contributed by atoms with Gasteiger partial charge in [0.25, 0.3) is 11.8 Å². The number of methoxy groups -OCH3 is 1. The average Bonchev–Trinajstić information content (AvgIpc) is 2.78. The molecule has 8 nitrogen and oxygen atoms in total. The van der Waals surface area contributed by atoms with E-state index in [-0.39, 0.29) is 27.4 Å². The van der Waals surface area contributed by atoms with Crippen molar-refractivity contribution in [2.75, 3.05) is 12.4 Å². The van der Waals surface area contributed by atoms with Crippen LogP contribution in [0.2, 0.25) is 0 Å². The summed E-state index contributed by atoms with van der Waals surface area (Å²) in [4.78, 5) is 28.1. The standard InChI is InChI=1S/C22H14BrF6N3O5/c1-35-16-9-12(37-22(27,28)29)2-3-15(16)36-17-7-10(21(24,25)26)6-13(23)18(17)20(34)32-11-4-5-31-14(8-11)19(30)33/h2-9H,1H3,(H2,30,33)(H,31,32,34). The van der Waals surface area contributed by atoms with Gasteiger partial charge in [0, 0.05) is 22.4 Å². The van der Waals surface area contributed by atoms with Gasteiger partial charge in [-0.3, -0.25) is 14.6 Å². The van der Waals surface area contributed by atoms with E-state index in [2.05, 4.69) is 31.0 Å². The van der Waals surface area contributed by atoms with Crippen molar-refractivity contribution in [2.45, 2.75) is 12.5 Å². The van der Waals surface area contributed by atoms with Gasteiger partial charge in [-0.05, 0) is 52.3 Å². The molecule has 2 amide bonds. The van der Waals surface area contributed by atoms with Gasteiger partial charge in [-0.15, -0.1) is 13.2 Å². The molecule has 196 valence electrons. The lowest BCUT2D eigenvalue weighted by Gasteiger charge is -2.18. The highest BCUT2D eigenvalue weighted by molar-refractivity contribution is 9.10. The van der Waals surface area contributed by atoms with Crippen molar-refractivity contribution in [3.8, 4) is 23.0 Å². The molecule has 0 atom stereocenters. The predicted molar refractivity (Wildman–Crippen MR) is 120 cm³/mol. The summed E-state index contributed by atoms with van der Waals surface area (Å²) in [6.45, 7) is 0. The van der Waals surface area contributed by atoms with Crippen LogP contribution in [0.15, 0.2) is 53.1 Å². The van der Waals surface area contributed by atoms with Gasteiger partial charge in [-0.25, -0.2) is 0 Å². The van der Waals surface area contributed by atoms with E-state index >= 15 is 0 Å². The van der Waals surface area contributed by atoms with Crippen LogP contribution >= 0.6 is 15.9 Å². The number of nitrogens with one attached hydrogen (secondary N) is 1. The Balaban J connectivity index is 2.05. The van der Waals surface area contributed by atoms with Crippen molar-refractivity contribution < 1.29 is 50.1 Å². The van der Waals surface area contributed by atoms with E-state index in [0.717, 1.165) is 31.4 Å². The topological polar surface area (TPSA) is 113 Å². The van der Waals surface area contributed by atoms with E-state index in [9.17, 15) is 35.9 Å². The molecular weight excluding hydrogens is 580 g/mol. The van der Waals surface area contributed by atoms with Gasteiger partial charge in [0.15, 0.2) is 11.5 Å². The minimum absolute atomic E-state index is 0.0396. The number of aromatic nitrogens is 1. The maximum absolute atomic E-state index is 13.5. The lowest BCUT2D eigenvalue weighted by molar-refractivity contribution is -0.274. The van der Waals surface area contributed by atoms with Crippen LogP contribution in [-0.4, -0.2) is 30.3 Å². The van der Waals surface area contributed by atoms with E-state index in [1.807, 2.05) is 0 Å². The first-order valence-electron chi connectivity index (χ1n) is 9.77. The van der Waals surface area contributed by atoms with E-state index in [4.69, 9.17) is 15.2 Å². The van der Waals surface area contributed by atoms with Crippen molar-refractivity contribution in [2.24, 2.45) is 5.73 Å². The number of nitrogens with zero attached hydrogens (tertiary/aromatic N) is 1. The van der Waals surface area contributed by atoms with Crippen molar-refractivity contribution in [1.82, 2.24) is 4.98 Å². The van der Waals surface area contributed by atoms with Crippen LogP contribution in [0, 0.1) is 0 Å². The van der Waals surface area contributed by atoms with Gasteiger partial charge < -0.3 is 25.3 Å². The number of nitrogens with two attached hydrogens (primary N) is 1. The number of anilines is 1.